The summed E-state index contributed by atoms with van der Waals surface area (Å²) in [6.07, 6.45) is 13.8. The normalized spacial score (nSPS) is 10.7. The summed E-state index contributed by atoms with van der Waals surface area (Å²) in [7, 11) is 1.58. The molecular formula is C20H33NO3. The minimum Gasteiger partial charge on any atom is -0.504 e. The summed E-state index contributed by atoms with van der Waals surface area (Å²) in [5.41, 5.74) is 6.34. The number of ether oxygens (including phenoxy) is 1. The highest BCUT2D eigenvalue weighted by molar-refractivity contribution is 5.73. The van der Waals surface area contributed by atoms with Gasteiger partial charge in [-0.25, -0.2) is 0 Å². The van der Waals surface area contributed by atoms with E-state index in [0.717, 1.165) is 19.3 Å². The van der Waals surface area contributed by atoms with Crippen molar-refractivity contribution in [3.8, 4) is 11.5 Å². The van der Waals surface area contributed by atoms with E-state index in [2.05, 4.69) is 0 Å². The molecular weight excluding hydrogens is 302 g/mol. The molecule has 0 heterocycles. The molecule has 1 aromatic rings. The number of aryl methyl sites for hydroxylation is 1. The van der Waals surface area contributed by atoms with Crippen molar-refractivity contribution in [1.82, 2.24) is 0 Å². The van der Waals surface area contributed by atoms with E-state index < -0.39 is 0 Å². The Labute approximate surface area is 146 Å². The van der Waals surface area contributed by atoms with Gasteiger partial charge >= 0.3 is 0 Å². The number of hydrogen-bond acceptors (Lipinski definition) is 3. The lowest BCUT2D eigenvalue weighted by Crippen LogP contribution is -2.09. The number of phenolic OH excluding ortho intramolecular Hbond substituents is 1. The van der Waals surface area contributed by atoms with E-state index in [0.29, 0.717) is 12.2 Å². The molecule has 0 unspecified atom stereocenters. The van der Waals surface area contributed by atoms with E-state index in [4.69, 9.17) is 10.5 Å². The highest BCUT2D eigenvalue weighted by atomic mass is 16.5. The van der Waals surface area contributed by atoms with E-state index in [-0.39, 0.29) is 11.7 Å². The Morgan fingerprint density at radius 2 is 1.50 bits per heavy atom. The van der Waals surface area contributed by atoms with Crippen molar-refractivity contribution in [1.29, 1.82) is 0 Å². The van der Waals surface area contributed by atoms with Gasteiger partial charge in [-0.05, 0) is 37.0 Å². The number of carbonyl (C=O) groups excluding carboxylic acids is 1. The first-order valence-electron chi connectivity index (χ1n) is 9.27. The van der Waals surface area contributed by atoms with Crippen LogP contribution in [0.3, 0.4) is 0 Å². The van der Waals surface area contributed by atoms with Crippen LogP contribution >= 0.6 is 0 Å². The molecule has 0 aliphatic heterocycles. The zero-order valence-electron chi connectivity index (χ0n) is 15.1. The van der Waals surface area contributed by atoms with Crippen molar-refractivity contribution in [3.63, 3.8) is 0 Å². The largest absolute Gasteiger partial charge is 0.504 e. The third kappa shape index (κ3) is 9.43. The molecule has 0 aliphatic rings. The van der Waals surface area contributed by atoms with Crippen LogP contribution in [0, 0.1) is 0 Å². The molecule has 3 N–H and O–H groups in total. The molecule has 1 aromatic carbocycles. The van der Waals surface area contributed by atoms with Gasteiger partial charge in [0.2, 0.25) is 5.91 Å². The minimum atomic E-state index is -0.180. The van der Waals surface area contributed by atoms with Crippen molar-refractivity contribution in [2.75, 3.05) is 7.11 Å². The smallest absolute Gasteiger partial charge is 0.217 e. The summed E-state index contributed by atoms with van der Waals surface area (Å²) in [6.45, 7) is 0. The number of rotatable bonds is 14. The third-order valence-electron chi connectivity index (χ3n) is 4.38. The van der Waals surface area contributed by atoms with Gasteiger partial charge in [-0.3, -0.25) is 4.79 Å². The summed E-state index contributed by atoms with van der Waals surface area (Å²) < 4.78 is 5.13. The Morgan fingerprint density at radius 3 is 2.04 bits per heavy atom. The second-order valence-electron chi connectivity index (χ2n) is 6.51. The van der Waals surface area contributed by atoms with Crippen LogP contribution in [-0.2, 0) is 11.2 Å². The summed E-state index contributed by atoms with van der Waals surface area (Å²) in [6, 6.07) is 5.60. The van der Waals surface area contributed by atoms with E-state index in [1.54, 1.807) is 13.2 Å². The first-order chi connectivity index (χ1) is 11.6. The van der Waals surface area contributed by atoms with Crippen molar-refractivity contribution in [2.45, 2.75) is 77.0 Å². The van der Waals surface area contributed by atoms with Crippen molar-refractivity contribution in [3.05, 3.63) is 23.8 Å². The first kappa shape index (κ1) is 20.3. The molecule has 0 aliphatic carbocycles. The van der Waals surface area contributed by atoms with Gasteiger partial charge < -0.3 is 15.6 Å². The second-order valence-corrected chi connectivity index (χ2v) is 6.51. The Morgan fingerprint density at radius 1 is 0.958 bits per heavy atom. The Hall–Kier alpha value is -1.71. The van der Waals surface area contributed by atoms with Crippen LogP contribution in [0.4, 0.5) is 0 Å². The van der Waals surface area contributed by atoms with Crippen LogP contribution in [-0.4, -0.2) is 18.1 Å². The van der Waals surface area contributed by atoms with Gasteiger partial charge in [0.1, 0.15) is 0 Å². The van der Waals surface area contributed by atoms with Gasteiger partial charge in [0.15, 0.2) is 11.5 Å². The number of hydrogen-bond donors (Lipinski definition) is 2. The van der Waals surface area contributed by atoms with E-state index in [1.165, 1.54) is 56.9 Å². The number of unbranched alkanes of at least 4 members (excludes halogenated alkanes) is 9. The number of nitrogens with two attached hydrogens (primary N) is 1. The van der Waals surface area contributed by atoms with E-state index in [1.807, 2.05) is 12.1 Å². The lowest BCUT2D eigenvalue weighted by Gasteiger charge is -2.07. The Kier molecular flexibility index (Phi) is 10.7. The molecule has 0 saturated carbocycles. The predicted octanol–water partition coefficient (Wildman–Crippen LogP) is 4.72. The molecule has 4 heteroatoms. The monoisotopic (exact) mass is 335 g/mol. The van der Waals surface area contributed by atoms with Gasteiger partial charge in [0.25, 0.3) is 0 Å². The summed E-state index contributed by atoms with van der Waals surface area (Å²) in [5.74, 6) is 0.583. The van der Waals surface area contributed by atoms with E-state index in [9.17, 15) is 9.90 Å². The van der Waals surface area contributed by atoms with Crippen LogP contribution in [0.25, 0.3) is 0 Å². The lowest BCUT2D eigenvalue weighted by molar-refractivity contribution is -0.118. The topological polar surface area (TPSA) is 72.5 Å². The minimum absolute atomic E-state index is 0.180. The average molecular weight is 335 g/mol. The maximum Gasteiger partial charge on any atom is 0.217 e. The third-order valence-corrected chi connectivity index (χ3v) is 4.38. The van der Waals surface area contributed by atoms with Gasteiger partial charge in [-0.15, -0.1) is 0 Å². The average Bonchev–Trinajstić information content (AvgIpc) is 2.57. The maximum absolute atomic E-state index is 10.6. The van der Waals surface area contributed by atoms with Gasteiger partial charge in [0, 0.05) is 6.42 Å². The number of carbonyl (C=O) groups is 1. The second kappa shape index (κ2) is 12.7. The summed E-state index contributed by atoms with van der Waals surface area (Å²) >= 11 is 0. The summed E-state index contributed by atoms with van der Waals surface area (Å²) in [4.78, 5) is 10.6. The predicted molar refractivity (Wildman–Crippen MR) is 98.3 cm³/mol. The quantitative estimate of drug-likeness (QED) is 0.483. The zero-order chi connectivity index (χ0) is 17.6. The number of benzene rings is 1. The standard InChI is InChI=1S/C20H33NO3/c1-24-19-16-17(14-15-18(19)22)12-10-8-6-4-2-3-5-7-9-11-13-20(21)23/h14-16,22H,2-13H2,1H3,(H2,21,23). The van der Waals surface area contributed by atoms with Crippen molar-refractivity contribution < 1.29 is 14.6 Å². The fraction of sp³-hybridized carbons (Fsp3) is 0.650. The van der Waals surface area contributed by atoms with Gasteiger partial charge in [-0.2, -0.15) is 0 Å². The molecule has 136 valence electrons. The first-order valence-corrected chi connectivity index (χ1v) is 9.27. The fourth-order valence-corrected chi connectivity index (χ4v) is 2.92. The van der Waals surface area contributed by atoms with Crippen molar-refractivity contribution >= 4 is 5.91 Å². The van der Waals surface area contributed by atoms with Crippen LogP contribution in [0.5, 0.6) is 11.5 Å². The molecule has 0 bridgehead atoms. The molecule has 0 saturated heterocycles. The molecule has 0 spiro atoms. The molecule has 0 atom stereocenters. The highest BCUT2D eigenvalue weighted by Crippen LogP contribution is 2.27. The maximum atomic E-state index is 10.6. The summed E-state index contributed by atoms with van der Waals surface area (Å²) in [5, 5.41) is 9.57. The highest BCUT2D eigenvalue weighted by Gasteiger charge is 2.02. The lowest BCUT2D eigenvalue weighted by atomic mass is 10.0. The Balaban J connectivity index is 1.93. The van der Waals surface area contributed by atoms with Crippen LogP contribution < -0.4 is 10.5 Å². The molecule has 0 radical (unpaired) electrons. The number of aromatic hydroxyl groups is 1. The molecule has 0 fully saturated rings. The van der Waals surface area contributed by atoms with E-state index >= 15 is 0 Å². The van der Waals surface area contributed by atoms with Crippen molar-refractivity contribution in [2.24, 2.45) is 5.73 Å². The number of primary amides is 1. The fourth-order valence-electron chi connectivity index (χ4n) is 2.92. The molecule has 1 amide bonds. The molecule has 4 nitrogen and oxygen atoms in total. The zero-order valence-corrected chi connectivity index (χ0v) is 15.1. The molecule has 1 rings (SSSR count). The van der Waals surface area contributed by atoms with Crippen LogP contribution in [0.15, 0.2) is 18.2 Å². The number of phenols is 1. The number of methoxy groups -OCH3 is 1. The molecule has 0 aromatic heterocycles. The Bertz CT molecular complexity index is 474. The molecule has 24 heavy (non-hydrogen) atoms. The number of amides is 1. The van der Waals surface area contributed by atoms with Crippen LogP contribution in [0.2, 0.25) is 0 Å². The van der Waals surface area contributed by atoms with Gasteiger partial charge in [-0.1, -0.05) is 57.4 Å². The SMILES string of the molecule is COc1cc(CCCCCCCCCCCCC(N)=O)ccc1O. The van der Waals surface area contributed by atoms with Gasteiger partial charge in [0.05, 0.1) is 7.11 Å². The van der Waals surface area contributed by atoms with Crippen LogP contribution in [0.1, 0.15) is 76.2 Å².